The highest BCUT2D eigenvalue weighted by molar-refractivity contribution is 7.10. The maximum atomic E-state index is 12.9. The second-order valence-corrected chi connectivity index (χ2v) is 5.16. The van der Waals surface area contributed by atoms with E-state index < -0.39 is 5.82 Å². The summed E-state index contributed by atoms with van der Waals surface area (Å²) in [5.41, 5.74) is 0.748. The van der Waals surface area contributed by atoms with Crippen molar-refractivity contribution in [3.63, 3.8) is 0 Å². The lowest BCUT2D eigenvalue weighted by Gasteiger charge is -2.01. The lowest BCUT2D eigenvalue weighted by Crippen LogP contribution is -2.05. The molecule has 0 saturated carbocycles. The van der Waals surface area contributed by atoms with E-state index in [1.165, 1.54) is 12.1 Å². The molecule has 88 valence electrons. The minimum Gasteiger partial charge on any atom is -0.299 e. The standard InChI is InChI=1S/C13H10ClFOS/c14-12-7-9(3-4-13(12)15)6-10(16)8-11-2-1-5-17-11/h1-5,7H,6,8H2. The number of carbonyl (C=O) groups is 1. The number of Topliss-reactive ketones (excluding diaryl/α,β-unsaturated/α-hetero) is 1. The molecule has 1 aromatic heterocycles. The Morgan fingerprint density at radius 2 is 2.12 bits per heavy atom. The van der Waals surface area contributed by atoms with E-state index in [4.69, 9.17) is 11.6 Å². The molecule has 17 heavy (non-hydrogen) atoms. The van der Waals surface area contributed by atoms with E-state index >= 15 is 0 Å². The van der Waals surface area contributed by atoms with Crippen molar-refractivity contribution in [3.8, 4) is 0 Å². The van der Waals surface area contributed by atoms with E-state index in [-0.39, 0.29) is 17.2 Å². The third-order valence-corrected chi connectivity index (χ3v) is 3.50. The summed E-state index contributed by atoms with van der Waals surface area (Å²) in [7, 11) is 0. The summed E-state index contributed by atoms with van der Waals surface area (Å²) in [4.78, 5) is 12.8. The van der Waals surface area contributed by atoms with Crippen LogP contribution in [-0.4, -0.2) is 5.78 Å². The lowest BCUT2D eigenvalue weighted by molar-refractivity contribution is -0.117. The van der Waals surface area contributed by atoms with E-state index in [1.807, 2.05) is 17.5 Å². The summed E-state index contributed by atoms with van der Waals surface area (Å²) in [5.74, 6) is -0.351. The summed E-state index contributed by atoms with van der Waals surface area (Å²) in [6.45, 7) is 0. The lowest BCUT2D eigenvalue weighted by atomic mass is 10.1. The average Bonchev–Trinajstić information content (AvgIpc) is 2.76. The van der Waals surface area contributed by atoms with Crippen LogP contribution in [-0.2, 0) is 17.6 Å². The third-order valence-electron chi connectivity index (χ3n) is 2.34. The molecular weight excluding hydrogens is 259 g/mol. The molecule has 0 bridgehead atoms. The van der Waals surface area contributed by atoms with Crippen molar-refractivity contribution in [1.29, 1.82) is 0 Å². The van der Waals surface area contributed by atoms with Gasteiger partial charge in [-0.3, -0.25) is 4.79 Å². The van der Waals surface area contributed by atoms with Crippen LogP contribution in [0.25, 0.3) is 0 Å². The molecule has 2 aromatic rings. The fourth-order valence-corrected chi connectivity index (χ4v) is 2.48. The number of thiophene rings is 1. The molecule has 1 heterocycles. The van der Waals surface area contributed by atoms with E-state index in [9.17, 15) is 9.18 Å². The highest BCUT2D eigenvalue weighted by Gasteiger charge is 2.08. The Hall–Kier alpha value is -1.19. The minimum absolute atomic E-state index is 0.0615. The van der Waals surface area contributed by atoms with Crippen molar-refractivity contribution in [1.82, 2.24) is 0 Å². The zero-order valence-electron chi connectivity index (χ0n) is 8.95. The smallest absolute Gasteiger partial charge is 0.142 e. The Bertz CT molecular complexity index is 522. The Kier molecular flexibility index (Phi) is 3.92. The fourth-order valence-electron chi connectivity index (χ4n) is 1.55. The number of halogens is 2. The molecular formula is C13H10ClFOS. The van der Waals surface area contributed by atoms with E-state index in [1.54, 1.807) is 17.4 Å². The van der Waals surface area contributed by atoms with Crippen LogP contribution in [0.5, 0.6) is 0 Å². The predicted molar refractivity (Wildman–Crippen MR) is 68.1 cm³/mol. The number of ketones is 1. The molecule has 0 amide bonds. The van der Waals surface area contributed by atoms with Gasteiger partial charge >= 0.3 is 0 Å². The molecule has 0 atom stereocenters. The van der Waals surface area contributed by atoms with Gasteiger partial charge in [0.2, 0.25) is 0 Å². The molecule has 1 nitrogen and oxygen atoms in total. The van der Waals surface area contributed by atoms with Crippen LogP contribution in [0, 0.1) is 5.82 Å². The maximum absolute atomic E-state index is 12.9. The van der Waals surface area contributed by atoms with Crippen LogP contribution in [0.3, 0.4) is 0 Å². The topological polar surface area (TPSA) is 17.1 Å². The van der Waals surface area contributed by atoms with Crippen molar-refractivity contribution >= 4 is 28.7 Å². The van der Waals surface area contributed by atoms with Crippen LogP contribution >= 0.6 is 22.9 Å². The second-order valence-electron chi connectivity index (χ2n) is 3.72. The summed E-state index contributed by atoms with van der Waals surface area (Å²) in [5, 5.41) is 2.00. The van der Waals surface area contributed by atoms with Gasteiger partial charge in [-0.15, -0.1) is 11.3 Å². The summed E-state index contributed by atoms with van der Waals surface area (Å²) in [6, 6.07) is 8.23. The first-order chi connectivity index (χ1) is 8.15. The number of hydrogen-bond acceptors (Lipinski definition) is 2. The van der Waals surface area contributed by atoms with Gasteiger partial charge in [-0.2, -0.15) is 0 Å². The third kappa shape index (κ3) is 3.38. The summed E-state index contributed by atoms with van der Waals surface area (Å²) >= 11 is 7.22. The van der Waals surface area contributed by atoms with Crippen LogP contribution < -0.4 is 0 Å². The monoisotopic (exact) mass is 268 g/mol. The number of rotatable bonds is 4. The molecule has 0 aliphatic carbocycles. The summed E-state index contributed by atoms with van der Waals surface area (Å²) < 4.78 is 12.9. The minimum atomic E-state index is -0.457. The van der Waals surface area contributed by atoms with Crippen LogP contribution in [0.15, 0.2) is 35.7 Å². The van der Waals surface area contributed by atoms with E-state index in [0.29, 0.717) is 6.42 Å². The van der Waals surface area contributed by atoms with Crippen LogP contribution in [0.1, 0.15) is 10.4 Å². The second kappa shape index (κ2) is 5.43. The number of hydrogen-bond donors (Lipinski definition) is 0. The summed E-state index contributed by atoms with van der Waals surface area (Å²) in [6.07, 6.45) is 0.713. The van der Waals surface area contributed by atoms with Gasteiger partial charge in [0.15, 0.2) is 0 Å². The van der Waals surface area contributed by atoms with Gasteiger partial charge in [0, 0.05) is 17.7 Å². The van der Waals surface area contributed by atoms with Gasteiger partial charge in [0.1, 0.15) is 11.6 Å². The van der Waals surface area contributed by atoms with E-state index in [2.05, 4.69) is 0 Å². The molecule has 0 fully saturated rings. The van der Waals surface area contributed by atoms with Gasteiger partial charge in [-0.25, -0.2) is 4.39 Å². The normalized spacial score (nSPS) is 10.5. The molecule has 1 aromatic carbocycles. The highest BCUT2D eigenvalue weighted by atomic mass is 35.5. The highest BCUT2D eigenvalue weighted by Crippen LogP contribution is 2.17. The first-order valence-electron chi connectivity index (χ1n) is 5.13. The molecule has 2 rings (SSSR count). The Morgan fingerprint density at radius 1 is 1.29 bits per heavy atom. The van der Waals surface area contributed by atoms with Crippen molar-refractivity contribution in [2.24, 2.45) is 0 Å². The van der Waals surface area contributed by atoms with Gasteiger partial charge in [-0.05, 0) is 29.1 Å². The molecule has 0 aliphatic rings. The largest absolute Gasteiger partial charge is 0.299 e. The molecule has 0 unspecified atom stereocenters. The van der Waals surface area contributed by atoms with Gasteiger partial charge < -0.3 is 0 Å². The Labute approximate surface area is 108 Å². The number of benzene rings is 1. The van der Waals surface area contributed by atoms with Crippen molar-refractivity contribution < 1.29 is 9.18 Å². The zero-order chi connectivity index (χ0) is 12.3. The van der Waals surface area contributed by atoms with E-state index in [0.717, 1.165) is 10.4 Å². The van der Waals surface area contributed by atoms with Crippen molar-refractivity contribution in [3.05, 3.63) is 57.0 Å². The molecule has 0 N–H and O–H groups in total. The Balaban J connectivity index is 2.00. The van der Waals surface area contributed by atoms with Gasteiger partial charge in [0.05, 0.1) is 5.02 Å². The SMILES string of the molecule is O=C(Cc1ccc(F)c(Cl)c1)Cc1cccs1. The van der Waals surface area contributed by atoms with Crippen molar-refractivity contribution in [2.45, 2.75) is 12.8 Å². The molecule has 0 saturated heterocycles. The Morgan fingerprint density at radius 3 is 2.76 bits per heavy atom. The number of carbonyl (C=O) groups excluding carboxylic acids is 1. The molecule has 0 spiro atoms. The molecule has 0 radical (unpaired) electrons. The van der Waals surface area contributed by atoms with Gasteiger partial charge in [-0.1, -0.05) is 23.7 Å². The van der Waals surface area contributed by atoms with Crippen LogP contribution in [0.2, 0.25) is 5.02 Å². The maximum Gasteiger partial charge on any atom is 0.142 e. The predicted octanol–water partition coefficient (Wildman–Crippen LogP) is 3.89. The average molecular weight is 269 g/mol. The molecule has 4 heteroatoms. The van der Waals surface area contributed by atoms with Crippen molar-refractivity contribution in [2.75, 3.05) is 0 Å². The van der Waals surface area contributed by atoms with Crippen LogP contribution in [0.4, 0.5) is 4.39 Å². The first kappa shape index (κ1) is 12.3. The fraction of sp³-hybridized carbons (Fsp3) is 0.154. The quantitative estimate of drug-likeness (QED) is 0.822. The van der Waals surface area contributed by atoms with Gasteiger partial charge in [0.25, 0.3) is 0 Å². The molecule has 0 aliphatic heterocycles. The zero-order valence-corrected chi connectivity index (χ0v) is 10.5. The first-order valence-corrected chi connectivity index (χ1v) is 6.39.